The van der Waals surface area contributed by atoms with Gasteiger partial charge in [0.1, 0.15) is 17.5 Å². The number of aryl methyl sites for hydroxylation is 1. The molecule has 1 aromatic rings. The van der Waals surface area contributed by atoms with Crippen molar-refractivity contribution in [3.63, 3.8) is 0 Å². The van der Waals surface area contributed by atoms with E-state index in [0.29, 0.717) is 6.10 Å². The molecule has 2 N–H and O–H groups in total. The van der Waals surface area contributed by atoms with Gasteiger partial charge in [-0.1, -0.05) is 6.92 Å². The summed E-state index contributed by atoms with van der Waals surface area (Å²) in [4.78, 5) is 8.97. The SMILES string of the molecule is CCCNc1nc(C)nc(NCCC2CCCO2)c1C. The Hall–Kier alpha value is -1.36. The van der Waals surface area contributed by atoms with Gasteiger partial charge in [-0.25, -0.2) is 9.97 Å². The number of aromatic nitrogens is 2. The molecule has 5 nitrogen and oxygen atoms in total. The van der Waals surface area contributed by atoms with E-state index >= 15 is 0 Å². The molecule has 1 aliphatic rings. The Bertz CT molecular complexity index is 430. The first-order valence-electron chi connectivity index (χ1n) is 7.65. The molecule has 1 unspecified atom stereocenters. The molecule has 1 aliphatic heterocycles. The van der Waals surface area contributed by atoms with Gasteiger partial charge in [-0.2, -0.15) is 0 Å². The summed E-state index contributed by atoms with van der Waals surface area (Å²) in [5.74, 6) is 2.68. The minimum Gasteiger partial charge on any atom is -0.378 e. The Kier molecular flexibility index (Phi) is 5.59. The van der Waals surface area contributed by atoms with Gasteiger partial charge in [0, 0.05) is 25.3 Å². The molecule has 0 radical (unpaired) electrons. The zero-order valence-corrected chi connectivity index (χ0v) is 12.8. The van der Waals surface area contributed by atoms with Crippen molar-refractivity contribution in [3.05, 3.63) is 11.4 Å². The highest BCUT2D eigenvalue weighted by Crippen LogP contribution is 2.21. The Labute approximate surface area is 121 Å². The predicted octanol–water partition coefficient (Wildman–Crippen LogP) is 2.90. The number of anilines is 2. The summed E-state index contributed by atoms with van der Waals surface area (Å²) in [5, 5.41) is 6.79. The van der Waals surface area contributed by atoms with Gasteiger partial charge in [0.2, 0.25) is 0 Å². The molecular weight excluding hydrogens is 252 g/mol. The van der Waals surface area contributed by atoms with Crippen LogP contribution in [0.1, 0.15) is 44.0 Å². The van der Waals surface area contributed by atoms with Crippen molar-refractivity contribution in [2.45, 2.75) is 52.6 Å². The fourth-order valence-electron chi connectivity index (χ4n) is 2.44. The molecule has 1 saturated heterocycles. The normalized spacial score (nSPS) is 18.2. The molecule has 2 rings (SSSR count). The van der Waals surface area contributed by atoms with Crippen molar-refractivity contribution < 1.29 is 4.74 Å². The maximum absolute atomic E-state index is 5.64. The maximum Gasteiger partial charge on any atom is 0.134 e. The topological polar surface area (TPSA) is 59.1 Å². The lowest BCUT2D eigenvalue weighted by Gasteiger charge is -2.15. The number of hydrogen-bond donors (Lipinski definition) is 2. The third-order valence-corrected chi connectivity index (χ3v) is 3.58. The fraction of sp³-hybridized carbons (Fsp3) is 0.733. The summed E-state index contributed by atoms with van der Waals surface area (Å²) in [6.07, 6.45) is 4.93. The van der Waals surface area contributed by atoms with Crippen molar-refractivity contribution >= 4 is 11.6 Å². The molecular formula is C15H26N4O. The van der Waals surface area contributed by atoms with Gasteiger partial charge in [0.25, 0.3) is 0 Å². The smallest absolute Gasteiger partial charge is 0.134 e. The van der Waals surface area contributed by atoms with Crippen LogP contribution in [0.2, 0.25) is 0 Å². The average Bonchev–Trinajstić information content (AvgIpc) is 2.94. The number of rotatable bonds is 7. The molecule has 0 amide bonds. The van der Waals surface area contributed by atoms with Crippen LogP contribution in [0, 0.1) is 13.8 Å². The maximum atomic E-state index is 5.64. The molecule has 0 saturated carbocycles. The lowest BCUT2D eigenvalue weighted by Crippen LogP contribution is -2.15. The van der Waals surface area contributed by atoms with E-state index in [1.807, 2.05) is 6.92 Å². The number of ether oxygens (including phenoxy) is 1. The van der Waals surface area contributed by atoms with Crippen LogP contribution in [0.4, 0.5) is 11.6 Å². The van der Waals surface area contributed by atoms with Gasteiger partial charge in [-0.3, -0.25) is 0 Å². The highest BCUT2D eigenvalue weighted by Gasteiger charge is 2.15. The highest BCUT2D eigenvalue weighted by molar-refractivity contribution is 5.57. The summed E-state index contributed by atoms with van der Waals surface area (Å²) in [7, 11) is 0. The van der Waals surface area contributed by atoms with E-state index in [1.54, 1.807) is 0 Å². The molecule has 0 spiro atoms. The van der Waals surface area contributed by atoms with Crippen LogP contribution < -0.4 is 10.6 Å². The second-order valence-corrected chi connectivity index (χ2v) is 5.37. The largest absolute Gasteiger partial charge is 0.378 e. The van der Waals surface area contributed by atoms with E-state index in [9.17, 15) is 0 Å². The van der Waals surface area contributed by atoms with E-state index in [-0.39, 0.29) is 0 Å². The molecule has 0 aliphatic carbocycles. The number of nitrogens with zero attached hydrogens (tertiary/aromatic N) is 2. The summed E-state index contributed by atoms with van der Waals surface area (Å²) in [5.41, 5.74) is 1.09. The van der Waals surface area contributed by atoms with Gasteiger partial charge >= 0.3 is 0 Å². The zero-order chi connectivity index (χ0) is 14.4. The molecule has 1 aromatic heterocycles. The van der Waals surface area contributed by atoms with E-state index < -0.39 is 0 Å². The standard InChI is InChI=1S/C15H26N4O/c1-4-8-16-14-11(2)15(19-12(3)18-14)17-9-7-13-6-5-10-20-13/h13H,4-10H2,1-3H3,(H2,16,17,18,19). The second-order valence-electron chi connectivity index (χ2n) is 5.37. The number of nitrogens with one attached hydrogen (secondary N) is 2. The third kappa shape index (κ3) is 4.07. The molecule has 20 heavy (non-hydrogen) atoms. The summed E-state index contributed by atoms with van der Waals surface area (Å²) >= 11 is 0. The van der Waals surface area contributed by atoms with Crippen LogP contribution in [0.25, 0.3) is 0 Å². The second kappa shape index (κ2) is 7.43. The fourth-order valence-corrected chi connectivity index (χ4v) is 2.44. The van der Waals surface area contributed by atoms with Crippen LogP contribution in [-0.4, -0.2) is 35.8 Å². The quantitative estimate of drug-likeness (QED) is 0.803. The number of hydrogen-bond acceptors (Lipinski definition) is 5. The molecule has 0 aromatic carbocycles. The Morgan fingerprint density at radius 3 is 2.45 bits per heavy atom. The Morgan fingerprint density at radius 2 is 1.85 bits per heavy atom. The summed E-state index contributed by atoms with van der Waals surface area (Å²) in [6.45, 7) is 8.90. The lowest BCUT2D eigenvalue weighted by molar-refractivity contribution is 0.107. The van der Waals surface area contributed by atoms with Crippen LogP contribution in [0.5, 0.6) is 0 Å². The molecule has 1 atom stereocenters. The lowest BCUT2D eigenvalue weighted by atomic mass is 10.2. The average molecular weight is 278 g/mol. The van der Waals surface area contributed by atoms with Crippen LogP contribution in [0.3, 0.4) is 0 Å². The van der Waals surface area contributed by atoms with Crippen molar-refractivity contribution in [2.24, 2.45) is 0 Å². The third-order valence-electron chi connectivity index (χ3n) is 3.58. The van der Waals surface area contributed by atoms with Gasteiger partial charge in [0.05, 0.1) is 6.10 Å². The van der Waals surface area contributed by atoms with E-state index in [4.69, 9.17) is 4.74 Å². The minimum atomic E-state index is 0.420. The van der Waals surface area contributed by atoms with Crippen molar-refractivity contribution in [1.29, 1.82) is 0 Å². The molecule has 0 bridgehead atoms. The zero-order valence-electron chi connectivity index (χ0n) is 12.8. The first kappa shape index (κ1) is 15.0. The van der Waals surface area contributed by atoms with Gasteiger partial charge in [0.15, 0.2) is 0 Å². The first-order chi connectivity index (χ1) is 9.70. The summed E-state index contributed by atoms with van der Waals surface area (Å²) in [6, 6.07) is 0. The van der Waals surface area contributed by atoms with Crippen LogP contribution >= 0.6 is 0 Å². The predicted molar refractivity (Wildman–Crippen MR) is 82.4 cm³/mol. The molecule has 2 heterocycles. The van der Waals surface area contributed by atoms with Crippen molar-refractivity contribution in [1.82, 2.24) is 9.97 Å². The van der Waals surface area contributed by atoms with E-state index in [0.717, 1.165) is 55.6 Å². The Balaban J connectivity index is 1.93. The van der Waals surface area contributed by atoms with Gasteiger partial charge in [-0.15, -0.1) is 0 Å². The molecule has 5 heteroatoms. The van der Waals surface area contributed by atoms with Gasteiger partial charge < -0.3 is 15.4 Å². The summed E-state index contributed by atoms with van der Waals surface area (Å²) < 4.78 is 5.64. The van der Waals surface area contributed by atoms with Crippen LogP contribution in [0.15, 0.2) is 0 Å². The van der Waals surface area contributed by atoms with E-state index in [1.165, 1.54) is 12.8 Å². The van der Waals surface area contributed by atoms with E-state index in [2.05, 4.69) is 34.4 Å². The monoisotopic (exact) mass is 278 g/mol. The van der Waals surface area contributed by atoms with Crippen LogP contribution in [-0.2, 0) is 4.74 Å². The van der Waals surface area contributed by atoms with Crippen molar-refractivity contribution in [3.8, 4) is 0 Å². The molecule has 1 fully saturated rings. The highest BCUT2D eigenvalue weighted by atomic mass is 16.5. The van der Waals surface area contributed by atoms with Gasteiger partial charge in [-0.05, 0) is 39.5 Å². The first-order valence-corrected chi connectivity index (χ1v) is 7.65. The minimum absolute atomic E-state index is 0.420. The Morgan fingerprint density at radius 1 is 1.15 bits per heavy atom. The van der Waals surface area contributed by atoms with Crippen molar-refractivity contribution in [2.75, 3.05) is 30.3 Å². The molecule has 112 valence electrons.